The van der Waals surface area contributed by atoms with E-state index in [2.05, 4.69) is 0 Å². The molecule has 0 fully saturated rings. The largest absolute Gasteiger partial charge is 0.484 e. The highest BCUT2D eigenvalue weighted by molar-refractivity contribution is 7.92. The van der Waals surface area contributed by atoms with Crippen molar-refractivity contribution in [1.29, 1.82) is 0 Å². The first-order chi connectivity index (χ1) is 10.8. The quantitative estimate of drug-likeness (QED) is 0.804. The molecular weight excluding hydrogens is 340 g/mol. The van der Waals surface area contributed by atoms with E-state index in [4.69, 9.17) is 10.5 Å². The van der Waals surface area contributed by atoms with Crippen LogP contribution in [-0.4, -0.2) is 26.8 Å². The molecule has 0 aliphatic heterocycles. The average Bonchev–Trinajstić information content (AvgIpc) is 2.92. The molecule has 9 heteroatoms. The van der Waals surface area contributed by atoms with Gasteiger partial charge in [0.1, 0.15) is 9.96 Å². The van der Waals surface area contributed by atoms with Crippen LogP contribution in [0.5, 0.6) is 5.75 Å². The fourth-order valence-corrected chi connectivity index (χ4v) is 3.90. The summed E-state index contributed by atoms with van der Waals surface area (Å²) in [6.45, 7) is 1.30. The topological polar surface area (TPSA) is 116 Å². The number of nitrogens with two attached hydrogens (primary N) is 1. The summed E-state index contributed by atoms with van der Waals surface area (Å²) in [6.07, 6.45) is 0. The molecule has 0 saturated heterocycles. The Kier molecular flexibility index (Phi) is 5.02. The summed E-state index contributed by atoms with van der Waals surface area (Å²) >= 11 is 1.07. The normalized spacial score (nSPS) is 11.0. The number of benzene rings is 1. The molecule has 0 atom stereocenters. The summed E-state index contributed by atoms with van der Waals surface area (Å²) in [5.74, 6) is -1.06. The third kappa shape index (κ3) is 4.54. The first kappa shape index (κ1) is 17.0. The number of amides is 2. The minimum atomic E-state index is -3.88. The Hall–Kier alpha value is -2.39. The standard InChI is InChI=1S/C14H14N2O5S2/c1-9-2-7-13(22-9)23(19,20)16-12(17)8-21-11-5-3-10(4-6-11)14(15)18/h2-7H,8H2,1H3,(H2,15,18)(H,16,17). The molecule has 2 rings (SSSR count). The maximum atomic E-state index is 12.0. The molecule has 3 N–H and O–H groups in total. The summed E-state index contributed by atoms with van der Waals surface area (Å²) in [5.41, 5.74) is 5.41. The van der Waals surface area contributed by atoms with Crippen LogP contribution in [0.25, 0.3) is 0 Å². The van der Waals surface area contributed by atoms with Gasteiger partial charge in [0.25, 0.3) is 15.9 Å². The van der Waals surface area contributed by atoms with Gasteiger partial charge >= 0.3 is 0 Å². The molecule has 0 spiro atoms. The van der Waals surface area contributed by atoms with Crippen molar-refractivity contribution in [3.63, 3.8) is 0 Å². The van der Waals surface area contributed by atoms with Gasteiger partial charge in [-0.15, -0.1) is 11.3 Å². The van der Waals surface area contributed by atoms with E-state index in [1.54, 1.807) is 13.0 Å². The van der Waals surface area contributed by atoms with Crippen LogP contribution in [0.4, 0.5) is 0 Å². The van der Waals surface area contributed by atoms with Crippen LogP contribution < -0.4 is 15.2 Å². The van der Waals surface area contributed by atoms with E-state index in [0.29, 0.717) is 11.3 Å². The van der Waals surface area contributed by atoms with E-state index in [-0.39, 0.29) is 4.21 Å². The third-order valence-electron chi connectivity index (χ3n) is 2.74. The smallest absolute Gasteiger partial charge is 0.273 e. The van der Waals surface area contributed by atoms with E-state index in [1.165, 1.54) is 30.3 Å². The second kappa shape index (κ2) is 6.80. The van der Waals surface area contributed by atoms with Crippen molar-refractivity contribution >= 4 is 33.2 Å². The molecule has 1 aromatic carbocycles. The van der Waals surface area contributed by atoms with Crippen molar-refractivity contribution in [2.45, 2.75) is 11.1 Å². The molecule has 122 valence electrons. The lowest BCUT2D eigenvalue weighted by Crippen LogP contribution is -2.34. The molecule has 1 aromatic heterocycles. The van der Waals surface area contributed by atoms with Crippen LogP contribution in [0.2, 0.25) is 0 Å². The van der Waals surface area contributed by atoms with E-state index in [1.807, 2.05) is 4.72 Å². The summed E-state index contributed by atoms with van der Waals surface area (Å²) < 4.78 is 31.1. The molecule has 1 heterocycles. The number of nitrogens with one attached hydrogen (secondary N) is 1. The third-order valence-corrected chi connectivity index (χ3v) is 5.60. The van der Waals surface area contributed by atoms with Gasteiger partial charge in [-0.25, -0.2) is 13.1 Å². The highest BCUT2D eigenvalue weighted by Crippen LogP contribution is 2.20. The van der Waals surface area contributed by atoms with Crippen molar-refractivity contribution in [3.8, 4) is 5.75 Å². The monoisotopic (exact) mass is 354 g/mol. The molecule has 0 unspecified atom stereocenters. The molecule has 2 amide bonds. The van der Waals surface area contributed by atoms with Gasteiger partial charge < -0.3 is 10.5 Å². The lowest BCUT2D eigenvalue weighted by molar-refractivity contribution is -0.121. The van der Waals surface area contributed by atoms with Crippen molar-refractivity contribution in [2.24, 2.45) is 5.73 Å². The predicted octanol–water partition coefficient (Wildman–Crippen LogP) is 1.04. The number of ether oxygens (including phenoxy) is 1. The number of hydrogen-bond donors (Lipinski definition) is 2. The van der Waals surface area contributed by atoms with Gasteiger partial charge in [-0.1, -0.05) is 0 Å². The zero-order chi connectivity index (χ0) is 17.0. The fourth-order valence-electron chi connectivity index (χ4n) is 1.65. The number of carbonyl (C=O) groups is 2. The van der Waals surface area contributed by atoms with E-state index in [9.17, 15) is 18.0 Å². The zero-order valence-corrected chi connectivity index (χ0v) is 13.7. The number of primary amides is 1. The van der Waals surface area contributed by atoms with Crippen LogP contribution >= 0.6 is 11.3 Å². The number of sulfonamides is 1. The highest BCUT2D eigenvalue weighted by Gasteiger charge is 2.19. The fraction of sp³-hybridized carbons (Fsp3) is 0.143. The number of carbonyl (C=O) groups excluding carboxylic acids is 2. The number of hydrogen-bond acceptors (Lipinski definition) is 6. The molecule has 0 bridgehead atoms. The van der Waals surface area contributed by atoms with Gasteiger partial charge in [0, 0.05) is 10.4 Å². The van der Waals surface area contributed by atoms with Gasteiger partial charge in [0.15, 0.2) is 6.61 Å². The lowest BCUT2D eigenvalue weighted by atomic mass is 10.2. The van der Waals surface area contributed by atoms with Gasteiger partial charge in [-0.05, 0) is 43.3 Å². The maximum Gasteiger partial charge on any atom is 0.273 e. The first-order valence-electron chi connectivity index (χ1n) is 6.43. The van der Waals surface area contributed by atoms with E-state index >= 15 is 0 Å². The molecule has 23 heavy (non-hydrogen) atoms. The van der Waals surface area contributed by atoms with Crippen LogP contribution in [0.15, 0.2) is 40.6 Å². The lowest BCUT2D eigenvalue weighted by Gasteiger charge is -2.07. The Bertz CT molecular complexity index is 825. The van der Waals surface area contributed by atoms with Crippen molar-refractivity contribution in [2.75, 3.05) is 6.61 Å². The minimum absolute atomic E-state index is 0.0640. The summed E-state index contributed by atoms with van der Waals surface area (Å²) in [6, 6.07) is 8.90. The van der Waals surface area contributed by atoms with Crippen LogP contribution in [0, 0.1) is 6.92 Å². The van der Waals surface area contributed by atoms with Gasteiger partial charge in [0.2, 0.25) is 5.91 Å². The number of rotatable bonds is 6. The van der Waals surface area contributed by atoms with E-state index in [0.717, 1.165) is 16.2 Å². The Morgan fingerprint density at radius 2 is 1.83 bits per heavy atom. The predicted molar refractivity (Wildman–Crippen MR) is 84.8 cm³/mol. The van der Waals surface area contributed by atoms with Gasteiger partial charge in [0.05, 0.1) is 0 Å². The zero-order valence-electron chi connectivity index (χ0n) is 12.1. The van der Waals surface area contributed by atoms with Gasteiger partial charge in [-0.2, -0.15) is 0 Å². The molecule has 0 aliphatic carbocycles. The number of aryl methyl sites for hydroxylation is 1. The molecular formula is C14H14N2O5S2. The van der Waals surface area contributed by atoms with E-state index < -0.39 is 28.4 Å². The summed E-state index contributed by atoms with van der Waals surface area (Å²) in [7, 11) is -3.88. The molecule has 0 saturated carbocycles. The van der Waals surface area contributed by atoms with Crippen molar-refractivity contribution in [3.05, 3.63) is 46.8 Å². The molecule has 0 radical (unpaired) electrons. The average molecular weight is 354 g/mol. The number of thiophene rings is 1. The molecule has 0 aliphatic rings. The van der Waals surface area contributed by atoms with Crippen LogP contribution in [0.3, 0.4) is 0 Å². The molecule has 2 aromatic rings. The Balaban J connectivity index is 1.93. The maximum absolute atomic E-state index is 12.0. The second-order valence-electron chi connectivity index (χ2n) is 4.57. The van der Waals surface area contributed by atoms with Gasteiger partial charge in [-0.3, -0.25) is 9.59 Å². The second-order valence-corrected chi connectivity index (χ2v) is 7.77. The summed E-state index contributed by atoms with van der Waals surface area (Å²) in [4.78, 5) is 23.4. The van der Waals surface area contributed by atoms with Crippen LogP contribution in [0.1, 0.15) is 15.2 Å². The van der Waals surface area contributed by atoms with Crippen molar-refractivity contribution in [1.82, 2.24) is 4.72 Å². The Morgan fingerprint density at radius 1 is 1.17 bits per heavy atom. The molecule has 7 nitrogen and oxygen atoms in total. The van der Waals surface area contributed by atoms with Crippen LogP contribution in [-0.2, 0) is 14.8 Å². The Labute approximate surface area is 137 Å². The summed E-state index contributed by atoms with van der Waals surface area (Å²) in [5, 5.41) is 0. The minimum Gasteiger partial charge on any atom is -0.484 e. The van der Waals surface area contributed by atoms with Crippen molar-refractivity contribution < 1.29 is 22.7 Å². The SMILES string of the molecule is Cc1ccc(S(=O)(=O)NC(=O)COc2ccc(C(N)=O)cc2)s1. The highest BCUT2D eigenvalue weighted by atomic mass is 32.2. The first-order valence-corrected chi connectivity index (χ1v) is 8.72. The Morgan fingerprint density at radius 3 is 2.35 bits per heavy atom.